The Morgan fingerprint density at radius 1 is 1.44 bits per heavy atom. The third-order valence-corrected chi connectivity index (χ3v) is 6.75. The van der Waals surface area contributed by atoms with Gasteiger partial charge in [-0.15, -0.1) is 11.8 Å². The van der Waals surface area contributed by atoms with E-state index < -0.39 is 5.97 Å². The lowest BCUT2D eigenvalue weighted by Gasteiger charge is -2.11. The molecule has 2 atom stereocenters. The highest BCUT2D eigenvalue weighted by Gasteiger charge is 2.54. The summed E-state index contributed by atoms with van der Waals surface area (Å²) in [4.78, 5) is 17.0. The van der Waals surface area contributed by atoms with Gasteiger partial charge in [-0.25, -0.2) is 9.78 Å². The van der Waals surface area contributed by atoms with Crippen molar-refractivity contribution in [1.82, 2.24) is 4.98 Å². The molecule has 0 radical (unpaired) electrons. The van der Waals surface area contributed by atoms with E-state index in [0.29, 0.717) is 9.62 Å². The number of hydrogen-bond acceptors (Lipinski definition) is 5. The SMILES string of the molecule is CCSc1cc(-c2ccc(C3(C#N)CC3I)cc2)cnc1C(=O)OC. The fourth-order valence-corrected chi connectivity index (χ4v) is 4.77. The second-order valence-electron chi connectivity index (χ2n) is 5.83. The molecule has 0 N–H and O–H groups in total. The number of nitriles is 1. The summed E-state index contributed by atoms with van der Waals surface area (Å²) < 4.78 is 5.19. The van der Waals surface area contributed by atoms with Crippen LogP contribution in [0.1, 0.15) is 29.4 Å². The average Bonchev–Trinajstić information content (AvgIpc) is 3.33. The number of hydrogen-bond donors (Lipinski definition) is 0. The molecule has 2 aromatic rings. The minimum absolute atomic E-state index is 0.324. The average molecular weight is 464 g/mol. The van der Waals surface area contributed by atoms with Crippen LogP contribution in [0.2, 0.25) is 0 Å². The standard InChI is InChI=1S/C19H17IN2O2S/c1-3-25-15-8-13(10-22-17(15)18(23)24-2)12-4-6-14(7-5-12)19(11-21)9-16(19)20/h4-8,10,16H,3,9H2,1-2H3. The summed E-state index contributed by atoms with van der Waals surface area (Å²) in [5, 5.41) is 9.46. The maximum atomic E-state index is 11.9. The largest absolute Gasteiger partial charge is 0.464 e. The van der Waals surface area contributed by atoms with Crippen LogP contribution in [0.3, 0.4) is 0 Å². The van der Waals surface area contributed by atoms with Gasteiger partial charge in [0, 0.05) is 20.6 Å². The van der Waals surface area contributed by atoms with Crippen LogP contribution in [0.4, 0.5) is 0 Å². The number of thioether (sulfide) groups is 1. The molecular weight excluding hydrogens is 447 g/mol. The number of rotatable bonds is 5. The first-order valence-corrected chi connectivity index (χ1v) is 10.2. The summed E-state index contributed by atoms with van der Waals surface area (Å²) in [7, 11) is 1.36. The highest BCUT2D eigenvalue weighted by atomic mass is 127. The van der Waals surface area contributed by atoms with Gasteiger partial charge in [-0.3, -0.25) is 0 Å². The van der Waals surface area contributed by atoms with Gasteiger partial charge in [0.15, 0.2) is 5.69 Å². The van der Waals surface area contributed by atoms with E-state index in [4.69, 9.17) is 4.74 Å². The summed E-state index contributed by atoms with van der Waals surface area (Å²) in [6.45, 7) is 2.03. The number of pyridine rings is 1. The first-order valence-electron chi connectivity index (χ1n) is 7.93. The Balaban J connectivity index is 1.93. The van der Waals surface area contributed by atoms with Crippen LogP contribution >= 0.6 is 34.4 Å². The van der Waals surface area contributed by atoms with Crippen LogP contribution in [0.15, 0.2) is 41.4 Å². The molecule has 25 heavy (non-hydrogen) atoms. The molecule has 0 saturated heterocycles. The molecule has 1 heterocycles. The zero-order valence-corrected chi connectivity index (χ0v) is 16.9. The van der Waals surface area contributed by atoms with Crippen molar-refractivity contribution in [2.45, 2.75) is 27.6 Å². The summed E-state index contributed by atoms with van der Waals surface area (Å²) in [6, 6.07) is 12.5. The second-order valence-corrected chi connectivity index (χ2v) is 8.64. The van der Waals surface area contributed by atoms with Crippen molar-refractivity contribution in [2.24, 2.45) is 0 Å². The van der Waals surface area contributed by atoms with E-state index in [1.807, 2.05) is 37.3 Å². The number of carbonyl (C=O) groups excluding carboxylic acids is 1. The Morgan fingerprint density at radius 3 is 2.64 bits per heavy atom. The molecule has 1 aliphatic rings. The van der Waals surface area contributed by atoms with E-state index in [1.165, 1.54) is 7.11 Å². The molecule has 3 rings (SSSR count). The maximum Gasteiger partial charge on any atom is 0.357 e. The number of nitrogens with zero attached hydrogens (tertiary/aromatic N) is 2. The number of aromatic nitrogens is 1. The van der Waals surface area contributed by atoms with Crippen molar-refractivity contribution < 1.29 is 9.53 Å². The van der Waals surface area contributed by atoms with Gasteiger partial charge < -0.3 is 4.74 Å². The van der Waals surface area contributed by atoms with Crippen molar-refractivity contribution >= 4 is 40.3 Å². The molecule has 128 valence electrons. The molecule has 0 spiro atoms. The summed E-state index contributed by atoms with van der Waals surface area (Å²) in [6.07, 6.45) is 2.61. The van der Waals surface area contributed by atoms with Gasteiger partial charge in [0.1, 0.15) is 0 Å². The van der Waals surface area contributed by atoms with E-state index in [9.17, 15) is 10.1 Å². The number of esters is 1. The van der Waals surface area contributed by atoms with Gasteiger partial charge in [-0.05, 0) is 29.4 Å². The molecule has 2 unspecified atom stereocenters. The van der Waals surface area contributed by atoms with Crippen molar-refractivity contribution in [2.75, 3.05) is 12.9 Å². The smallest absolute Gasteiger partial charge is 0.357 e. The summed E-state index contributed by atoms with van der Waals surface area (Å²) in [5.41, 5.74) is 3.06. The van der Waals surface area contributed by atoms with Crippen LogP contribution in [0.5, 0.6) is 0 Å². The Kier molecular flexibility index (Phi) is 5.35. The zero-order chi connectivity index (χ0) is 18.0. The molecule has 1 saturated carbocycles. The normalized spacial score (nSPS) is 21.4. The summed E-state index contributed by atoms with van der Waals surface area (Å²) >= 11 is 3.91. The van der Waals surface area contributed by atoms with Crippen LogP contribution in [-0.2, 0) is 10.2 Å². The predicted octanol–water partition coefficient (Wildman–Crippen LogP) is 4.62. The topological polar surface area (TPSA) is 63.0 Å². The molecule has 1 fully saturated rings. The fraction of sp³-hybridized carbons (Fsp3) is 0.316. The molecule has 1 aromatic carbocycles. The molecule has 1 aromatic heterocycles. The predicted molar refractivity (Wildman–Crippen MR) is 107 cm³/mol. The molecular formula is C19H17IN2O2S. The third kappa shape index (κ3) is 3.40. The first-order chi connectivity index (χ1) is 12.1. The molecule has 6 heteroatoms. The summed E-state index contributed by atoms with van der Waals surface area (Å²) in [5.74, 6) is 0.422. The number of alkyl halides is 1. The second kappa shape index (κ2) is 7.34. The molecule has 0 amide bonds. The Morgan fingerprint density at radius 2 is 2.12 bits per heavy atom. The molecule has 1 aliphatic carbocycles. The lowest BCUT2D eigenvalue weighted by Crippen LogP contribution is -2.07. The number of benzene rings is 1. The van der Waals surface area contributed by atoms with Crippen molar-refractivity contribution in [3.05, 3.63) is 47.8 Å². The number of halogens is 1. The quantitative estimate of drug-likeness (QED) is 0.280. The van der Waals surface area contributed by atoms with E-state index in [2.05, 4.69) is 33.6 Å². The maximum absolute atomic E-state index is 11.9. The highest BCUT2D eigenvalue weighted by molar-refractivity contribution is 14.1. The highest BCUT2D eigenvalue weighted by Crippen LogP contribution is 2.53. The number of methoxy groups -OCH3 is 1. The van der Waals surface area contributed by atoms with Gasteiger partial charge >= 0.3 is 5.97 Å². The molecule has 4 nitrogen and oxygen atoms in total. The lowest BCUT2D eigenvalue weighted by molar-refractivity contribution is 0.0589. The molecule has 0 bridgehead atoms. The molecule has 0 aliphatic heterocycles. The minimum atomic E-state index is -0.421. The number of carbonyl (C=O) groups is 1. The Hall–Kier alpha value is -1.59. The monoisotopic (exact) mass is 464 g/mol. The third-order valence-electron chi connectivity index (χ3n) is 4.34. The first kappa shape index (κ1) is 18.2. The van der Waals surface area contributed by atoms with Crippen LogP contribution < -0.4 is 0 Å². The van der Waals surface area contributed by atoms with Crippen LogP contribution in [0.25, 0.3) is 11.1 Å². The van der Waals surface area contributed by atoms with Crippen LogP contribution in [-0.4, -0.2) is 27.7 Å². The Labute approximate surface area is 165 Å². The van der Waals surface area contributed by atoms with E-state index in [1.54, 1.807) is 18.0 Å². The van der Waals surface area contributed by atoms with Gasteiger partial charge in [0.05, 0.1) is 18.6 Å². The van der Waals surface area contributed by atoms with E-state index in [0.717, 1.165) is 33.8 Å². The Bertz CT molecular complexity index is 847. The van der Waals surface area contributed by atoms with Gasteiger partial charge in [-0.1, -0.05) is 53.8 Å². The van der Waals surface area contributed by atoms with E-state index >= 15 is 0 Å². The van der Waals surface area contributed by atoms with Gasteiger partial charge in [-0.2, -0.15) is 5.26 Å². The van der Waals surface area contributed by atoms with Crippen molar-refractivity contribution in [1.29, 1.82) is 5.26 Å². The van der Waals surface area contributed by atoms with E-state index in [-0.39, 0.29) is 5.41 Å². The number of ether oxygens (including phenoxy) is 1. The van der Waals surface area contributed by atoms with Crippen molar-refractivity contribution in [3.8, 4) is 17.2 Å². The minimum Gasteiger partial charge on any atom is -0.464 e. The van der Waals surface area contributed by atoms with Crippen molar-refractivity contribution in [3.63, 3.8) is 0 Å². The fourth-order valence-electron chi connectivity index (χ4n) is 2.78. The van der Waals surface area contributed by atoms with Gasteiger partial charge in [0.25, 0.3) is 0 Å². The zero-order valence-electron chi connectivity index (χ0n) is 14.0. The lowest BCUT2D eigenvalue weighted by atomic mass is 9.95. The van der Waals surface area contributed by atoms with Gasteiger partial charge in [0.2, 0.25) is 0 Å². The van der Waals surface area contributed by atoms with Crippen LogP contribution in [0, 0.1) is 11.3 Å².